The van der Waals surface area contributed by atoms with Crippen LogP contribution in [0.15, 0.2) is 12.1 Å². The summed E-state index contributed by atoms with van der Waals surface area (Å²) in [7, 11) is 0. The lowest BCUT2D eigenvalue weighted by atomic mass is 10.1. The van der Waals surface area contributed by atoms with Crippen molar-refractivity contribution >= 4 is 11.9 Å². The summed E-state index contributed by atoms with van der Waals surface area (Å²) < 4.78 is 5.52. The second-order valence-corrected chi connectivity index (χ2v) is 7.89. The number of aliphatic hydroxyl groups excluding tert-OH is 1. The molecule has 1 N–H and O–H groups in total. The Hall–Kier alpha value is -1.82. The number of aromatic nitrogens is 1. The van der Waals surface area contributed by atoms with Crippen molar-refractivity contribution in [1.82, 2.24) is 9.88 Å². The highest BCUT2D eigenvalue weighted by atomic mass is 16.6. The van der Waals surface area contributed by atoms with E-state index in [1.807, 2.05) is 32.9 Å². The number of hydrogen-bond donors (Lipinski definition) is 1. The fourth-order valence-corrected chi connectivity index (χ4v) is 3.57. The van der Waals surface area contributed by atoms with Crippen molar-refractivity contribution in [1.29, 1.82) is 0 Å². The van der Waals surface area contributed by atoms with Gasteiger partial charge >= 0.3 is 6.09 Å². The molecular weight excluding hydrogens is 306 g/mol. The van der Waals surface area contributed by atoms with Gasteiger partial charge in [0.25, 0.3) is 0 Å². The molecule has 6 heteroatoms. The molecule has 0 aliphatic carbocycles. The molecule has 132 valence electrons. The van der Waals surface area contributed by atoms with Gasteiger partial charge in [0, 0.05) is 19.1 Å². The average Bonchev–Trinajstić information content (AvgIpc) is 2.82. The van der Waals surface area contributed by atoms with Crippen molar-refractivity contribution in [3.05, 3.63) is 23.4 Å². The van der Waals surface area contributed by atoms with E-state index in [0.29, 0.717) is 18.8 Å². The monoisotopic (exact) mass is 333 g/mol. The lowest BCUT2D eigenvalue weighted by Gasteiger charge is -2.43. The van der Waals surface area contributed by atoms with Gasteiger partial charge in [-0.25, -0.2) is 9.78 Å². The highest BCUT2D eigenvalue weighted by molar-refractivity contribution is 5.69. The lowest BCUT2D eigenvalue weighted by molar-refractivity contribution is 0.0191. The Labute approximate surface area is 143 Å². The molecule has 0 bridgehead atoms. The van der Waals surface area contributed by atoms with E-state index in [4.69, 9.17) is 4.74 Å². The van der Waals surface area contributed by atoms with Gasteiger partial charge in [-0.3, -0.25) is 0 Å². The maximum absolute atomic E-state index is 12.4. The van der Waals surface area contributed by atoms with Crippen LogP contribution in [0.1, 0.15) is 52.0 Å². The molecule has 1 fully saturated rings. The summed E-state index contributed by atoms with van der Waals surface area (Å²) in [5.41, 5.74) is 1.39. The third-order valence-electron chi connectivity index (χ3n) is 4.54. The molecule has 24 heavy (non-hydrogen) atoms. The highest BCUT2D eigenvalue weighted by Gasteiger charge is 2.41. The van der Waals surface area contributed by atoms with Crippen molar-refractivity contribution in [2.75, 3.05) is 18.0 Å². The number of ether oxygens (including phenoxy) is 1. The van der Waals surface area contributed by atoms with Crippen LogP contribution in [-0.4, -0.2) is 51.9 Å². The third kappa shape index (κ3) is 3.20. The zero-order valence-corrected chi connectivity index (χ0v) is 15.1. The second kappa shape index (κ2) is 5.92. The normalized spacial score (nSPS) is 24.4. The molecule has 0 unspecified atom stereocenters. The minimum absolute atomic E-state index is 0.161. The van der Waals surface area contributed by atoms with Gasteiger partial charge in [0.15, 0.2) is 0 Å². The minimum Gasteiger partial charge on any atom is -0.444 e. The molecule has 0 aromatic carbocycles. The third-order valence-corrected chi connectivity index (χ3v) is 4.54. The van der Waals surface area contributed by atoms with E-state index >= 15 is 0 Å². The number of fused-ring (bicyclic) bond motifs is 3. The van der Waals surface area contributed by atoms with E-state index in [-0.39, 0.29) is 18.2 Å². The van der Waals surface area contributed by atoms with Crippen molar-refractivity contribution in [2.45, 2.75) is 64.8 Å². The number of nitrogens with zero attached hydrogens (tertiary/aromatic N) is 3. The van der Waals surface area contributed by atoms with E-state index in [9.17, 15) is 9.90 Å². The molecule has 0 saturated carbocycles. The summed E-state index contributed by atoms with van der Waals surface area (Å²) in [6, 6.07) is 4.31. The maximum atomic E-state index is 12.4. The number of carbonyl (C=O) groups excluding carboxylic acids is 1. The van der Waals surface area contributed by atoms with Gasteiger partial charge in [-0.1, -0.05) is 6.07 Å². The van der Waals surface area contributed by atoms with Crippen LogP contribution in [0.5, 0.6) is 0 Å². The van der Waals surface area contributed by atoms with E-state index < -0.39 is 11.7 Å². The van der Waals surface area contributed by atoms with Crippen molar-refractivity contribution in [3.8, 4) is 0 Å². The van der Waals surface area contributed by atoms with Gasteiger partial charge in [0.2, 0.25) is 0 Å². The van der Waals surface area contributed by atoms with Crippen LogP contribution < -0.4 is 4.90 Å². The largest absolute Gasteiger partial charge is 0.444 e. The average molecular weight is 333 g/mol. The SMILES string of the molecule is C[C@H](O)c1ccc2c(n1)N1[C@H](C2)CN(C(=O)OC(C)(C)C)C[C@H]1C. The second-order valence-electron chi connectivity index (χ2n) is 7.89. The topological polar surface area (TPSA) is 65.9 Å². The van der Waals surface area contributed by atoms with Crippen LogP contribution in [0, 0.1) is 0 Å². The van der Waals surface area contributed by atoms with Crippen LogP contribution >= 0.6 is 0 Å². The van der Waals surface area contributed by atoms with Crippen LogP contribution in [-0.2, 0) is 11.2 Å². The molecule has 1 aromatic heterocycles. The van der Waals surface area contributed by atoms with Gasteiger partial charge in [0.1, 0.15) is 11.4 Å². The number of aliphatic hydroxyl groups is 1. The Balaban J connectivity index is 1.79. The van der Waals surface area contributed by atoms with E-state index in [2.05, 4.69) is 16.8 Å². The van der Waals surface area contributed by atoms with E-state index in [1.54, 1.807) is 11.8 Å². The Morgan fingerprint density at radius 2 is 2.08 bits per heavy atom. The number of hydrogen-bond acceptors (Lipinski definition) is 5. The smallest absolute Gasteiger partial charge is 0.410 e. The zero-order valence-electron chi connectivity index (χ0n) is 15.1. The van der Waals surface area contributed by atoms with Gasteiger partial charge in [-0.2, -0.15) is 0 Å². The fraction of sp³-hybridized carbons (Fsp3) is 0.667. The number of rotatable bonds is 1. The molecular formula is C18H27N3O3. The summed E-state index contributed by atoms with van der Waals surface area (Å²) in [5.74, 6) is 0.953. The number of pyridine rings is 1. The predicted molar refractivity (Wildman–Crippen MR) is 92.1 cm³/mol. The van der Waals surface area contributed by atoms with Gasteiger partial charge in [-0.15, -0.1) is 0 Å². The van der Waals surface area contributed by atoms with Crippen molar-refractivity contribution in [2.24, 2.45) is 0 Å². The molecule has 0 radical (unpaired) electrons. The summed E-state index contributed by atoms with van der Waals surface area (Å²) in [6.45, 7) is 10.7. The molecule has 3 rings (SSSR count). The van der Waals surface area contributed by atoms with Crippen molar-refractivity contribution in [3.63, 3.8) is 0 Å². The van der Waals surface area contributed by atoms with E-state index in [0.717, 1.165) is 12.2 Å². The van der Waals surface area contributed by atoms with Gasteiger partial charge < -0.3 is 19.6 Å². The molecule has 0 spiro atoms. The quantitative estimate of drug-likeness (QED) is 0.855. The van der Waals surface area contributed by atoms with Crippen LogP contribution in [0.4, 0.5) is 10.6 Å². The number of piperazine rings is 1. The standard InChI is InChI=1S/C18H27N3O3/c1-11-9-20(17(23)24-18(3,4)5)10-14-8-13-6-7-15(12(2)22)19-16(13)21(11)14/h6-7,11-12,14,22H,8-10H2,1-5H3/t11-,12+,14-/m1/s1. The fourth-order valence-electron chi connectivity index (χ4n) is 3.57. The van der Waals surface area contributed by atoms with Crippen molar-refractivity contribution < 1.29 is 14.6 Å². The Morgan fingerprint density at radius 1 is 1.38 bits per heavy atom. The molecule has 2 aliphatic heterocycles. The Bertz CT molecular complexity index is 639. The van der Waals surface area contributed by atoms with Crippen LogP contribution in [0.3, 0.4) is 0 Å². The Kier molecular flexibility index (Phi) is 4.20. The molecule has 3 heterocycles. The number of carbonyl (C=O) groups is 1. The first-order valence-corrected chi connectivity index (χ1v) is 8.60. The highest BCUT2D eigenvalue weighted by Crippen LogP contribution is 2.36. The summed E-state index contributed by atoms with van der Waals surface area (Å²) in [6.07, 6.45) is 0.0433. The zero-order chi connectivity index (χ0) is 17.6. The first-order valence-electron chi connectivity index (χ1n) is 8.60. The van der Waals surface area contributed by atoms with Gasteiger partial charge in [-0.05, 0) is 52.7 Å². The maximum Gasteiger partial charge on any atom is 0.410 e. The molecule has 1 saturated heterocycles. The predicted octanol–water partition coefficient (Wildman–Crippen LogP) is 2.51. The first-order chi connectivity index (χ1) is 11.2. The summed E-state index contributed by atoms with van der Waals surface area (Å²) in [5, 5.41) is 9.79. The Morgan fingerprint density at radius 3 is 2.71 bits per heavy atom. The molecule has 1 amide bonds. The van der Waals surface area contributed by atoms with E-state index in [1.165, 1.54) is 5.56 Å². The molecule has 3 atom stereocenters. The number of amides is 1. The first kappa shape index (κ1) is 17.0. The molecule has 2 aliphatic rings. The minimum atomic E-state index is -0.576. The van der Waals surface area contributed by atoms with Gasteiger partial charge in [0.05, 0.1) is 17.8 Å². The lowest BCUT2D eigenvalue weighted by Crippen LogP contribution is -2.58. The summed E-state index contributed by atoms with van der Waals surface area (Å²) in [4.78, 5) is 21.2. The van der Waals surface area contributed by atoms with Crippen LogP contribution in [0.25, 0.3) is 0 Å². The van der Waals surface area contributed by atoms with Crippen LogP contribution in [0.2, 0.25) is 0 Å². The molecule has 6 nitrogen and oxygen atoms in total. The number of anilines is 1. The molecule has 1 aromatic rings. The summed E-state index contributed by atoms with van der Waals surface area (Å²) >= 11 is 0.